The predicted molar refractivity (Wildman–Crippen MR) is 81.8 cm³/mol. The number of carbonyl (C=O) groups excluding carboxylic acids is 1. The third-order valence-electron chi connectivity index (χ3n) is 3.35. The van der Waals surface area contributed by atoms with Crippen LogP contribution < -0.4 is 4.90 Å². The summed E-state index contributed by atoms with van der Waals surface area (Å²) in [7, 11) is 1.75. The highest BCUT2D eigenvalue weighted by Gasteiger charge is 2.28. The lowest BCUT2D eigenvalue weighted by Gasteiger charge is -2.07. The largest absolute Gasteiger partial charge is 0.311 e. The van der Waals surface area contributed by atoms with E-state index in [1.54, 1.807) is 30.2 Å². The molecule has 0 spiro atoms. The van der Waals surface area contributed by atoms with Gasteiger partial charge >= 0.3 is 0 Å². The van der Waals surface area contributed by atoms with Crippen molar-refractivity contribution in [2.45, 2.75) is 0 Å². The monoisotopic (exact) mass is 331 g/mol. The summed E-state index contributed by atoms with van der Waals surface area (Å²) in [6.45, 7) is 0. The summed E-state index contributed by atoms with van der Waals surface area (Å²) in [4.78, 5) is 13.9. The van der Waals surface area contributed by atoms with E-state index >= 15 is 0 Å². The fourth-order valence-corrected chi connectivity index (χ4v) is 2.70. The van der Waals surface area contributed by atoms with Gasteiger partial charge in [0.05, 0.1) is 10.2 Å². The molecule has 0 aliphatic carbocycles. The van der Waals surface area contributed by atoms with Gasteiger partial charge in [-0.1, -0.05) is 24.3 Å². The molecule has 20 heavy (non-hydrogen) atoms. The van der Waals surface area contributed by atoms with Crippen LogP contribution in [0.15, 0.2) is 46.9 Å². The van der Waals surface area contributed by atoms with Gasteiger partial charge < -0.3 is 4.90 Å². The molecule has 0 unspecified atom stereocenters. The Morgan fingerprint density at radius 1 is 1.20 bits per heavy atom. The molecule has 3 rings (SSSR count). The molecule has 0 atom stereocenters. The predicted octanol–water partition coefficient (Wildman–Crippen LogP) is 4.11. The highest BCUT2D eigenvalue weighted by atomic mass is 79.9. The third kappa shape index (κ3) is 2.06. The lowest BCUT2D eigenvalue weighted by molar-refractivity contribution is -0.112. The van der Waals surface area contributed by atoms with Crippen molar-refractivity contribution < 1.29 is 9.18 Å². The van der Waals surface area contributed by atoms with Crippen molar-refractivity contribution >= 4 is 39.2 Å². The minimum absolute atomic E-state index is 0.0494. The fourth-order valence-electron chi connectivity index (χ4n) is 2.31. The number of carbonyl (C=O) groups is 1. The van der Waals surface area contributed by atoms with E-state index in [2.05, 4.69) is 15.9 Å². The smallest absolute Gasteiger partial charge is 0.258 e. The molecule has 1 aliphatic heterocycles. The van der Waals surface area contributed by atoms with Crippen LogP contribution in [-0.4, -0.2) is 13.0 Å². The Bertz CT molecular complexity index is 739. The number of likely N-dealkylation sites (N-methyl/N-ethyl adjacent to an activating group) is 1. The zero-order valence-corrected chi connectivity index (χ0v) is 12.3. The molecule has 2 nitrogen and oxygen atoms in total. The number of amides is 1. The summed E-state index contributed by atoms with van der Waals surface area (Å²) in [6.07, 6.45) is 1.79. The van der Waals surface area contributed by atoms with E-state index in [1.807, 2.05) is 24.3 Å². The maximum Gasteiger partial charge on any atom is 0.258 e. The molecule has 1 heterocycles. The van der Waals surface area contributed by atoms with Gasteiger partial charge in [0.2, 0.25) is 0 Å². The summed E-state index contributed by atoms with van der Waals surface area (Å²) < 4.78 is 13.6. The first kappa shape index (κ1) is 13.1. The molecule has 1 aliphatic rings. The average Bonchev–Trinajstić information content (AvgIpc) is 2.69. The average molecular weight is 332 g/mol. The SMILES string of the molecule is CN1C(=O)/C(=C\c2ccc(F)c(Br)c2)c2ccccc21. The molecular weight excluding hydrogens is 321 g/mol. The molecule has 0 saturated carbocycles. The van der Waals surface area contributed by atoms with E-state index in [9.17, 15) is 9.18 Å². The number of hydrogen-bond acceptors (Lipinski definition) is 1. The number of para-hydroxylation sites is 1. The van der Waals surface area contributed by atoms with Crippen molar-refractivity contribution in [3.8, 4) is 0 Å². The first-order valence-electron chi connectivity index (χ1n) is 6.12. The summed E-state index contributed by atoms with van der Waals surface area (Å²) in [5, 5.41) is 0. The lowest BCUT2D eigenvalue weighted by Crippen LogP contribution is -2.20. The zero-order valence-electron chi connectivity index (χ0n) is 10.7. The van der Waals surface area contributed by atoms with E-state index < -0.39 is 0 Å². The second kappa shape index (κ2) is 4.87. The van der Waals surface area contributed by atoms with Crippen LogP contribution in [0.25, 0.3) is 11.6 Å². The number of hydrogen-bond donors (Lipinski definition) is 0. The summed E-state index contributed by atoms with van der Waals surface area (Å²) in [5.41, 5.74) is 3.21. The molecule has 0 fully saturated rings. The van der Waals surface area contributed by atoms with Gasteiger partial charge in [-0.05, 0) is 45.8 Å². The van der Waals surface area contributed by atoms with Crippen LogP contribution in [0.5, 0.6) is 0 Å². The third-order valence-corrected chi connectivity index (χ3v) is 3.95. The number of fused-ring (bicyclic) bond motifs is 1. The Labute approximate surface area is 124 Å². The fraction of sp³-hybridized carbons (Fsp3) is 0.0625. The summed E-state index contributed by atoms with van der Waals surface area (Å²) in [5.74, 6) is -0.367. The zero-order chi connectivity index (χ0) is 14.3. The van der Waals surface area contributed by atoms with Crippen LogP contribution in [0.1, 0.15) is 11.1 Å². The lowest BCUT2D eigenvalue weighted by atomic mass is 10.0. The quantitative estimate of drug-likeness (QED) is 0.720. The molecule has 2 aromatic carbocycles. The Morgan fingerprint density at radius 2 is 1.95 bits per heavy atom. The van der Waals surface area contributed by atoms with Crippen molar-refractivity contribution in [2.75, 3.05) is 11.9 Å². The molecule has 2 aromatic rings. The minimum atomic E-state index is -0.317. The van der Waals surface area contributed by atoms with E-state index in [0.717, 1.165) is 16.8 Å². The second-order valence-electron chi connectivity index (χ2n) is 4.61. The molecule has 0 bridgehead atoms. The molecule has 0 saturated heterocycles. The Balaban J connectivity index is 2.12. The van der Waals surface area contributed by atoms with Gasteiger partial charge in [-0.3, -0.25) is 4.79 Å². The standard InChI is InChI=1S/C16H11BrFNO/c1-19-15-5-3-2-4-11(15)12(16(19)20)8-10-6-7-14(18)13(17)9-10/h2-9H,1H3/b12-8-. The molecule has 4 heteroatoms. The van der Waals surface area contributed by atoms with Crippen molar-refractivity contribution in [3.05, 3.63) is 63.9 Å². The maximum atomic E-state index is 13.2. The van der Waals surface area contributed by atoms with Crippen LogP contribution in [0.3, 0.4) is 0 Å². The maximum absolute atomic E-state index is 13.2. The summed E-state index contributed by atoms with van der Waals surface area (Å²) >= 11 is 3.15. The molecule has 100 valence electrons. The van der Waals surface area contributed by atoms with Crippen LogP contribution >= 0.6 is 15.9 Å². The Hall–Kier alpha value is -1.94. The normalized spacial score (nSPS) is 15.8. The van der Waals surface area contributed by atoms with Crippen molar-refractivity contribution in [1.29, 1.82) is 0 Å². The highest BCUT2D eigenvalue weighted by molar-refractivity contribution is 9.10. The van der Waals surface area contributed by atoms with Gasteiger partial charge in [0, 0.05) is 18.2 Å². The van der Waals surface area contributed by atoms with Crippen LogP contribution in [0, 0.1) is 5.82 Å². The Kier molecular flexibility index (Phi) is 3.18. The van der Waals surface area contributed by atoms with Gasteiger partial charge in [0.15, 0.2) is 0 Å². The number of benzene rings is 2. The van der Waals surface area contributed by atoms with Crippen LogP contribution in [0.2, 0.25) is 0 Å². The number of nitrogens with zero attached hydrogens (tertiary/aromatic N) is 1. The van der Waals surface area contributed by atoms with Crippen molar-refractivity contribution in [3.63, 3.8) is 0 Å². The van der Waals surface area contributed by atoms with Gasteiger partial charge in [-0.2, -0.15) is 0 Å². The van der Waals surface area contributed by atoms with Gasteiger partial charge in [0.1, 0.15) is 5.82 Å². The van der Waals surface area contributed by atoms with E-state index in [0.29, 0.717) is 10.0 Å². The molecule has 1 amide bonds. The second-order valence-corrected chi connectivity index (χ2v) is 5.47. The Morgan fingerprint density at radius 3 is 2.70 bits per heavy atom. The van der Waals surface area contributed by atoms with Crippen LogP contribution in [0.4, 0.5) is 10.1 Å². The molecular formula is C16H11BrFNO. The van der Waals surface area contributed by atoms with Gasteiger partial charge in [-0.15, -0.1) is 0 Å². The van der Waals surface area contributed by atoms with E-state index in [-0.39, 0.29) is 11.7 Å². The number of anilines is 1. The van der Waals surface area contributed by atoms with Crippen molar-refractivity contribution in [1.82, 2.24) is 0 Å². The van der Waals surface area contributed by atoms with Gasteiger partial charge in [-0.25, -0.2) is 4.39 Å². The highest BCUT2D eigenvalue weighted by Crippen LogP contribution is 2.36. The summed E-state index contributed by atoms with van der Waals surface area (Å²) in [6, 6.07) is 12.3. The molecule has 0 N–H and O–H groups in total. The van der Waals surface area contributed by atoms with E-state index in [1.165, 1.54) is 6.07 Å². The van der Waals surface area contributed by atoms with Gasteiger partial charge in [0.25, 0.3) is 5.91 Å². The molecule has 0 aromatic heterocycles. The number of rotatable bonds is 1. The first-order valence-corrected chi connectivity index (χ1v) is 6.91. The topological polar surface area (TPSA) is 20.3 Å². The minimum Gasteiger partial charge on any atom is -0.311 e. The first-order chi connectivity index (χ1) is 9.58. The van der Waals surface area contributed by atoms with Crippen molar-refractivity contribution in [2.24, 2.45) is 0 Å². The number of halogens is 2. The van der Waals surface area contributed by atoms with Crippen LogP contribution in [-0.2, 0) is 4.79 Å². The van der Waals surface area contributed by atoms with E-state index in [4.69, 9.17) is 0 Å². The molecule has 0 radical (unpaired) electrons.